The molecular formula is C19H16ClFN4. The number of rotatable bonds is 4. The average Bonchev–Trinajstić information content (AvgIpc) is 3.02. The maximum absolute atomic E-state index is 13.9. The fourth-order valence-corrected chi connectivity index (χ4v) is 3.24. The average molecular weight is 355 g/mol. The minimum atomic E-state index is -0.762. The van der Waals surface area contributed by atoms with E-state index in [0.717, 1.165) is 5.56 Å². The number of nitrogens with two attached hydrogens (primary N) is 1. The summed E-state index contributed by atoms with van der Waals surface area (Å²) >= 11 is 6.01. The number of halogens is 2. The minimum Gasteiger partial charge on any atom is -0.398 e. The Morgan fingerprint density at radius 2 is 2.08 bits per heavy atom. The van der Waals surface area contributed by atoms with E-state index in [4.69, 9.17) is 22.6 Å². The zero-order valence-corrected chi connectivity index (χ0v) is 14.3. The van der Waals surface area contributed by atoms with Crippen molar-refractivity contribution in [2.75, 3.05) is 5.73 Å². The first kappa shape index (κ1) is 17.0. The van der Waals surface area contributed by atoms with E-state index in [1.165, 1.54) is 18.2 Å². The van der Waals surface area contributed by atoms with Crippen LogP contribution < -0.4 is 5.73 Å². The molecule has 3 aromatic rings. The van der Waals surface area contributed by atoms with Crippen LogP contribution >= 0.6 is 11.6 Å². The van der Waals surface area contributed by atoms with Crippen LogP contribution in [0.5, 0.6) is 0 Å². The fraction of sp³-hybridized carbons (Fsp3) is 0.158. The third-order valence-electron chi connectivity index (χ3n) is 4.38. The van der Waals surface area contributed by atoms with Crippen molar-refractivity contribution < 1.29 is 4.39 Å². The van der Waals surface area contributed by atoms with Crippen LogP contribution in [0.25, 0.3) is 10.9 Å². The lowest BCUT2D eigenvalue weighted by molar-refractivity contribution is 0.402. The van der Waals surface area contributed by atoms with Crippen LogP contribution in [0.15, 0.2) is 54.7 Å². The van der Waals surface area contributed by atoms with Gasteiger partial charge in [-0.05, 0) is 42.3 Å². The molecule has 2 aromatic carbocycles. The highest BCUT2D eigenvalue weighted by Crippen LogP contribution is 2.36. The highest BCUT2D eigenvalue weighted by atomic mass is 35.5. The number of aromatic nitrogens is 2. The monoisotopic (exact) mass is 354 g/mol. The molecule has 0 aliphatic heterocycles. The Morgan fingerprint density at radius 1 is 1.36 bits per heavy atom. The lowest BCUT2D eigenvalue weighted by Gasteiger charge is -2.31. The number of benzene rings is 2. The number of hydrogen-bond acceptors (Lipinski definition) is 3. The number of allylic oxidation sites excluding steroid dienone is 2. The van der Waals surface area contributed by atoms with Gasteiger partial charge in [-0.25, -0.2) is 4.39 Å². The predicted octanol–water partition coefficient (Wildman–Crippen LogP) is 4.64. The molecule has 2 N–H and O–H groups in total. The van der Waals surface area contributed by atoms with E-state index in [2.05, 4.69) is 5.10 Å². The van der Waals surface area contributed by atoms with Gasteiger partial charge in [0.2, 0.25) is 0 Å². The first-order valence-corrected chi connectivity index (χ1v) is 8.16. The Morgan fingerprint density at radius 3 is 2.72 bits per heavy atom. The molecular weight excluding hydrogens is 339 g/mol. The van der Waals surface area contributed by atoms with Crippen LogP contribution in [0.1, 0.15) is 18.9 Å². The molecule has 126 valence electrons. The van der Waals surface area contributed by atoms with E-state index >= 15 is 0 Å². The maximum atomic E-state index is 13.9. The van der Waals surface area contributed by atoms with Crippen molar-refractivity contribution in [3.8, 4) is 6.07 Å². The SMILES string of the molecule is CCC(/C=C/C#N)(c1ccc(Cl)cc1)n1ncc2c(N)cc(F)cc21. The number of nitriles is 1. The molecule has 25 heavy (non-hydrogen) atoms. The normalized spacial score (nSPS) is 13.8. The second-order valence-corrected chi connectivity index (χ2v) is 6.17. The zero-order chi connectivity index (χ0) is 18.0. The standard InChI is InChI=1S/C19H16ClFN4/c1-2-19(8-3-9-22,13-4-6-14(20)7-5-13)25-18-11-15(21)10-17(23)16(18)12-24-25/h3-8,10-12H,2,23H2,1H3/b8-3+. The summed E-state index contributed by atoms with van der Waals surface area (Å²) in [6.07, 6.45) is 5.39. The van der Waals surface area contributed by atoms with Crippen molar-refractivity contribution in [2.45, 2.75) is 18.9 Å². The maximum Gasteiger partial charge on any atom is 0.127 e. The molecule has 0 bridgehead atoms. The predicted molar refractivity (Wildman–Crippen MR) is 97.7 cm³/mol. The Labute approximate surface area is 149 Å². The van der Waals surface area contributed by atoms with Crippen LogP contribution in [0.3, 0.4) is 0 Å². The molecule has 0 aliphatic carbocycles. The number of nitrogens with zero attached hydrogens (tertiary/aromatic N) is 3. The van der Waals surface area contributed by atoms with Crippen LogP contribution in [0.4, 0.5) is 10.1 Å². The topological polar surface area (TPSA) is 67.6 Å². The lowest BCUT2D eigenvalue weighted by Crippen LogP contribution is -2.33. The quantitative estimate of drug-likeness (QED) is 0.548. The van der Waals surface area contributed by atoms with Gasteiger partial charge in [0.05, 0.1) is 17.8 Å². The third kappa shape index (κ3) is 2.86. The Kier molecular flexibility index (Phi) is 4.47. The summed E-state index contributed by atoms with van der Waals surface area (Å²) in [6.45, 7) is 1.98. The summed E-state index contributed by atoms with van der Waals surface area (Å²) in [6, 6.07) is 12.0. The van der Waals surface area contributed by atoms with E-state index in [-0.39, 0.29) is 0 Å². The number of nitrogen functional groups attached to an aromatic ring is 1. The third-order valence-corrected chi connectivity index (χ3v) is 4.63. The number of anilines is 1. The summed E-state index contributed by atoms with van der Waals surface area (Å²) < 4.78 is 15.7. The molecule has 0 saturated carbocycles. The van der Waals surface area contributed by atoms with Gasteiger partial charge < -0.3 is 5.73 Å². The molecule has 3 rings (SSSR count). The lowest BCUT2D eigenvalue weighted by atomic mass is 9.86. The summed E-state index contributed by atoms with van der Waals surface area (Å²) in [4.78, 5) is 0. The van der Waals surface area contributed by atoms with Crippen molar-refractivity contribution >= 4 is 28.2 Å². The van der Waals surface area contributed by atoms with Gasteiger partial charge in [-0.15, -0.1) is 0 Å². The van der Waals surface area contributed by atoms with Gasteiger partial charge in [0.25, 0.3) is 0 Å². The summed E-state index contributed by atoms with van der Waals surface area (Å²) in [7, 11) is 0. The summed E-state index contributed by atoms with van der Waals surface area (Å²) in [5.74, 6) is -0.433. The molecule has 0 aliphatic rings. The summed E-state index contributed by atoms with van der Waals surface area (Å²) in [5, 5.41) is 14.8. The second-order valence-electron chi connectivity index (χ2n) is 5.73. The Bertz CT molecular complexity index is 985. The van der Waals surface area contributed by atoms with Gasteiger partial charge in [0, 0.05) is 22.2 Å². The molecule has 1 aromatic heterocycles. The Hall–Kier alpha value is -2.84. The van der Waals surface area contributed by atoms with E-state index in [1.807, 2.05) is 25.1 Å². The molecule has 0 fully saturated rings. The fourth-order valence-electron chi connectivity index (χ4n) is 3.11. The first-order chi connectivity index (χ1) is 12.0. The van der Waals surface area contributed by atoms with Crippen molar-refractivity contribution in [3.63, 3.8) is 0 Å². The summed E-state index contributed by atoms with van der Waals surface area (Å²) in [5.41, 5.74) is 6.95. The first-order valence-electron chi connectivity index (χ1n) is 7.78. The van der Waals surface area contributed by atoms with Crippen molar-refractivity contribution in [2.24, 2.45) is 0 Å². The van der Waals surface area contributed by atoms with Crippen LogP contribution in [0.2, 0.25) is 5.02 Å². The zero-order valence-electron chi connectivity index (χ0n) is 13.6. The molecule has 1 heterocycles. The molecule has 1 unspecified atom stereocenters. The Balaban J connectivity index is 2.34. The minimum absolute atomic E-state index is 0.326. The molecule has 4 nitrogen and oxygen atoms in total. The number of fused-ring (bicyclic) bond motifs is 1. The molecule has 1 atom stereocenters. The molecule has 0 amide bonds. The van der Waals surface area contributed by atoms with Crippen molar-refractivity contribution in [3.05, 3.63) is 71.2 Å². The molecule has 0 saturated heterocycles. The van der Waals surface area contributed by atoms with Gasteiger partial charge in [-0.3, -0.25) is 4.68 Å². The largest absolute Gasteiger partial charge is 0.398 e. The van der Waals surface area contributed by atoms with Crippen LogP contribution in [0, 0.1) is 17.1 Å². The van der Waals surface area contributed by atoms with E-state index in [0.29, 0.717) is 28.0 Å². The molecule has 0 spiro atoms. The van der Waals surface area contributed by atoms with E-state index in [1.54, 1.807) is 29.1 Å². The van der Waals surface area contributed by atoms with Crippen LogP contribution in [-0.4, -0.2) is 9.78 Å². The highest BCUT2D eigenvalue weighted by Gasteiger charge is 2.32. The van der Waals surface area contributed by atoms with Gasteiger partial charge in [-0.1, -0.05) is 30.7 Å². The van der Waals surface area contributed by atoms with Crippen LogP contribution in [-0.2, 0) is 5.54 Å². The smallest absolute Gasteiger partial charge is 0.127 e. The number of hydrogen-bond donors (Lipinski definition) is 1. The van der Waals surface area contributed by atoms with Gasteiger partial charge in [-0.2, -0.15) is 10.4 Å². The highest BCUT2D eigenvalue weighted by molar-refractivity contribution is 6.30. The van der Waals surface area contributed by atoms with Crippen molar-refractivity contribution in [1.82, 2.24) is 9.78 Å². The van der Waals surface area contributed by atoms with E-state index in [9.17, 15) is 4.39 Å². The van der Waals surface area contributed by atoms with Crippen molar-refractivity contribution in [1.29, 1.82) is 5.26 Å². The van der Waals surface area contributed by atoms with Gasteiger partial charge >= 0.3 is 0 Å². The molecule has 6 heteroatoms. The van der Waals surface area contributed by atoms with Gasteiger partial charge in [0.1, 0.15) is 11.4 Å². The van der Waals surface area contributed by atoms with Gasteiger partial charge in [0.15, 0.2) is 0 Å². The van der Waals surface area contributed by atoms with E-state index < -0.39 is 11.4 Å². The molecule has 0 radical (unpaired) electrons. The second kappa shape index (κ2) is 6.58.